The number of aryl methyl sites for hydroxylation is 2. The van der Waals surface area contributed by atoms with Crippen molar-refractivity contribution in [3.8, 4) is 0 Å². The van der Waals surface area contributed by atoms with E-state index in [1.807, 2.05) is 30.1 Å². The fraction of sp³-hybridized carbons (Fsp3) is 0.286. The highest BCUT2D eigenvalue weighted by Gasteiger charge is 2.19. The fourth-order valence-corrected chi connectivity index (χ4v) is 2.32. The van der Waals surface area contributed by atoms with Crippen molar-refractivity contribution < 1.29 is 4.79 Å². The van der Waals surface area contributed by atoms with Gasteiger partial charge in [-0.15, -0.1) is 0 Å². The number of hydrogen-bond donors (Lipinski definition) is 0. The number of fused-ring (bicyclic) bond motifs is 1. The maximum atomic E-state index is 11.7. The van der Waals surface area contributed by atoms with Gasteiger partial charge in [0.1, 0.15) is 0 Å². The van der Waals surface area contributed by atoms with Crippen molar-refractivity contribution in [1.82, 2.24) is 9.78 Å². The van der Waals surface area contributed by atoms with Crippen molar-refractivity contribution in [2.24, 2.45) is 0 Å². The predicted octanol–water partition coefficient (Wildman–Crippen LogP) is 2.37. The van der Waals surface area contributed by atoms with Crippen LogP contribution in [-0.4, -0.2) is 15.6 Å². The number of rotatable bonds is 2. The Morgan fingerprint density at radius 1 is 1.35 bits per heavy atom. The lowest BCUT2D eigenvalue weighted by Gasteiger charge is -2.04. The molecule has 0 fully saturated rings. The van der Waals surface area contributed by atoms with E-state index in [-0.39, 0.29) is 5.78 Å². The lowest BCUT2D eigenvalue weighted by molar-refractivity contribution is 0.0994. The molecule has 1 aliphatic rings. The number of carbonyl (C=O) groups is 1. The van der Waals surface area contributed by atoms with Crippen LogP contribution in [0.15, 0.2) is 30.6 Å². The molecule has 0 aliphatic heterocycles. The number of carbonyl (C=O) groups excluding carboxylic acids is 1. The van der Waals surface area contributed by atoms with Crippen LogP contribution in [0.25, 0.3) is 0 Å². The molecule has 86 valence electrons. The normalized spacial score (nSPS) is 14.1. The summed E-state index contributed by atoms with van der Waals surface area (Å²) in [5, 5.41) is 4.26. The minimum Gasteiger partial charge on any atom is -0.294 e. The topological polar surface area (TPSA) is 34.9 Å². The van der Waals surface area contributed by atoms with E-state index in [1.54, 1.807) is 0 Å². The van der Waals surface area contributed by atoms with Gasteiger partial charge in [0.2, 0.25) is 0 Å². The van der Waals surface area contributed by atoms with Crippen LogP contribution in [0.4, 0.5) is 0 Å². The van der Waals surface area contributed by atoms with Gasteiger partial charge in [0, 0.05) is 18.2 Å². The van der Waals surface area contributed by atoms with Gasteiger partial charge in [-0.3, -0.25) is 9.48 Å². The lowest BCUT2D eigenvalue weighted by atomic mass is 10.1. The van der Waals surface area contributed by atoms with Gasteiger partial charge in [-0.05, 0) is 36.1 Å². The van der Waals surface area contributed by atoms with Gasteiger partial charge in [0.25, 0.3) is 0 Å². The van der Waals surface area contributed by atoms with Gasteiger partial charge >= 0.3 is 0 Å². The summed E-state index contributed by atoms with van der Waals surface area (Å²) < 4.78 is 1.90. The van der Waals surface area contributed by atoms with Crippen molar-refractivity contribution in [1.29, 1.82) is 0 Å². The molecule has 0 saturated heterocycles. The predicted molar refractivity (Wildman–Crippen MR) is 65.2 cm³/mol. The van der Waals surface area contributed by atoms with Gasteiger partial charge < -0.3 is 0 Å². The summed E-state index contributed by atoms with van der Waals surface area (Å²) in [5.74, 6) is 0.276. The van der Waals surface area contributed by atoms with Crippen LogP contribution in [0.2, 0.25) is 0 Å². The second-order valence-corrected chi connectivity index (χ2v) is 4.63. The molecule has 0 spiro atoms. The van der Waals surface area contributed by atoms with E-state index in [1.165, 1.54) is 5.56 Å². The van der Waals surface area contributed by atoms with Crippen LogP contribution >= 0.6 is 0 Å². The molecule has 0 atom stereocenters. The highest BCUT2D eigenvalue weighted by atomic mass is 16.1. The standard InChI is InChI=1S/C14H14N2O/c1-10-7-15-16(8-10)9-11-2-3-12-4-5-14(17)13(12)6-11/h2-3,6-8H,4-5,9H2,1H3. The summed E-state index contributed by atoms with van der Waals surface area (Å²) in [6.45, 7) is 2.75. The van der Waals surface area contributed by atoms with Crippen molar-refractivity contribution in [3.63, 3.8) is 0 Å². The monoisotopic (exact) mass is 226 g/mol. The molecule has 1 heterocycles. The molecule has 17 heavy (non-hydrogen) atoms. The van der Waals surface area contributed by atoms with E-state index in [2.05, 4.69) is 17.2 Å². The first-order chi connectivity index (χ1) is 8.22. The SMILES string of the molecule is Cc1cnn(Cc2ccc3c(c2)C(=O)CC3)c1. The first kappa shape index (κ1) is 10.3. The third-order valence-electron chi connectivity index (χ3n) is 3.20. The Balaban J connectivity index is 1.90. The maximum Gasteiger partial charge on any atom is 0.163 e. The van der Waals surface area contributed by atoms with E-state index in [4.69, 9.17) is 0 Å². The summed E-state index contributed by atoms with van der Waals surface area (Å²) in [6.07, 6.45) is 5.42. The Bertz CT molecular complexity index is 584. The third kappa shape index (κ3) is 1.88. The number of ketones is 1. The molecule has 1 aromatic heterocycles. The molecule has 0 N–H and O–H groups in total. The molecule has 0 unspecified atom stereocenters. The molecule has 1 aliphatic carbocycles. The van der Waals surface area contributed by atoms with E-state index >= 15 is 0 Å². The molecule has 0 bridgehead atoms. The zero-order valence-electron chi connectivity index (χ0n) is 9.81. The van der Waals surface area contributed by atoms with Crippen LogP contribution in [0.5, 0.6) is 0 Å². The van der Waals surface area contributed by atoms with Crippen LogP contribution in [0.1, 0.15) is 33.5 Å². The first-order valence-corrected chi connectivity index (χ1v) is 5.86. The number of aromatic nitrogens is 2. The Morgan fingerprint density at radius 2 is 2.24 bits per heavy atom. The van der Waals surface area contributed by atoms with Crippen LogP contribution < -0.4 is 0 Å². The highest BCUT2D eigenvalue weighted by molar-refractivity contribution is 6.00. The number of Topliss-reactive ketones (excluding diaryl/α,β-unsaturated/α-hetero) is 1. The molecule has 0 saturated carbocycles. The Morgan fingerprint density at radius 3 is 3.00 bits per heavy atom. The van der Waals surface area contributed by atoms with E-state index in [0.29, 0.717) is 6.42 Å². The van der Waals surface area contributed by atoms with Gasteiger partial charge in [-0.1, -0.05) is 12.1 Å². The molecular weight excluding hydrogens is 212 g/mol. The van der Waals surface area contributed by atoms with Gasteiger partial charge in [0.05, 0.1) is 12.7 Å². The Labute approximate surface area is 100 Å². The average Bonchev–Trinajstić information content (AvgIpc) is 2.87. The summed E-state index contributed by atoms with van der Waals surface area (Å²) in [6, 6.07) is 6.18. The van der Waals surface area contributed by atoms with Crippen molar-refractivity contribution in [2.45, 2.75) is 26.3 Å². The number of benzene rings is 1. The van der Waals surface area contributed by atoms with E-state index in [9.17, 15) is 4.79 Å². The van der Waals surface area contributed by atoms with Crippen molar-refractivity contribution in [2.75, 3.05) is 0 Å². The average molecular weight is 226 g/mol. The van der Waals surface area contributed by atoms with Gasteiger partial charge in [-0.2, -0.15) is 5.10 Å². The molecule has 2 aromatic rings. The molecule has 3 nitrogen and oxygen atoms in total. The summed E-state index contributed by atoms with van der Waals surface area (Å²) >= 11 is 0. The quantitative estimate of drug-likeness (QED) is 0.788. The minimum absolute atomic E-state index is 0.276. The van der Waals surface area contributed by atoms with Gasteiger partial charge in [-0.25, -0.2) is 0 Å². The highest BCUT2D eigenvalue weighted by Crippen LogP contribution is 2.23. The second kappa shape index (κ2) is 3.84. The molecule has 0 radical (unpaired) electrons. The number of nitrogens with zero attached hydrogens (tertiary/aromatic N) is 2. The molecule has 1 aromatic carbocycles. The minimum atomic E-state index is 0.276. The van der Waals surface area contributed by atoms with Crippen molar-refractivity contribution >= 4 is 5.78 Å². The van der Waals surface area contributed by atoms with E-state index < -0.39 is 0 Å². The van der Waals surface area contributed by atoms with Crippen LogP contribution in [-0.2, 0) is 13.0 Å². The summed E-state index contributed by atoms with van der Waals surface area (Å²) in [4.78, 5) is 11.7. The second-order valence-electron chi connectivity index (χ2n) is 4.63. The van der Waals surface area contributed by atoms with Crippen molar-refractivity contribution in [3.05, 3.63) is 52.8 Å². The molecule has 3 rings (SSSR count). The summed E-state index contributed by atoms with van der Waals surface area (Å²) in [7, 11) is 0. The maximum absolute atomic E-state index is 11.7. The van der Waals surface area contributed by atoms with Gasteiger partial charge in [0.15, 0.2) is 5.78 Å². The largest absolute Gasteiger partial charge is 0.294 e. The molecule has 3 heteroatoms. The smallest absolute Gasteiger partial charge is 0.163 e. The first-order valence-electron chi connectivity index (χ1n) is 5.86. The molecular formula is C14H14N2O. The Hall–Kier alpha value is -1.90. The van der Waals surface area contributed by atoms with E-state index in [0.717, 1.165) is 29.7 Å². The zero-order valence-corrected chi connectivity index (χ0v) is 9.81. The third-order valence-corrected chi connectivity index (χ3v) is 3.20. The zero-order chi connectivity index (χ0) is 11.8. The number of hydrogen-bond acceptors (Lipinski definition) is 2. The van der Waals surface area contributed by atoms with Crippen LogP contribution in [0, 0.1) is 6.92 Å². The van der Waals surface area contributed by atoms with Crippen LogP contribution in [0.3, 0.4) is 0 Å². The molecule has 0 amide bonds. The summed E-state index contributed by atoms with van der Waals surface area (Å²) in [5.41, 5.74) is 4.39. The Kier molecular flexibility index (Phi) is 2.32. The fourth-order valence-electron chi connectivity index (χ4n) is 2.32. The lowest BCUT2D eigenvalue weighted by Crippen LogP contribution is -2.01.